The van der Waals surface area contributed by atoms with Crippen molar-refractivity contribution >= 4 is 29.3 Å². The molecule has 98 valence electrons. The number of carbonyl (C=O) groups is 2. The third kappa shape index (κ3) is 4.71. The van der Waals surface area contributed by atoms with Crippen LogP contribution in [0.5, 0.6) is 0 Å². The second-order valence-electron chi connectivity index (χ2n) is 3.94. The Hall–Kier alpha value is -1.62. The van der Waals surface area contributed by atoms with E-state index in [2.05, 4.69) is 0 Å². The summed E-state index contributed by atoms with van der Waals surface area (Å²) in [5.74, 6) is -1.25. The Morgan fingerprint density at radius 1 is 1.44 bits per heavy atom. The minimum Gasteiger partial charge on any atom is -0.480 e. The highest BCUT2D eigenvalue weighted by Crippen LogP contribution is 2.16. The number of nitrogens with zero attached hydrogens (tertiary/aromatic N) is 1. The number of carbonyl (C=O) groups excluding carboxylic acids is 1. The third-order valence-electron chi connectivity index (χ3n) is 2.28. The van der Waals surface area contributed by atoms with E-state index < -0.39 is 5.97 Å². The van der Waals surface area contributed by atoms with Crippen molar-refractivity contribution in [2.24, 2.45) is 0 Å². The second-order valence-corrected chi connectivity index (χ2v) is 5.25. The summed E-state index contributed by atoms with van der Waals surface area (Å²) in [7, 11) is 0. The van der Waals surface area contributed by atoms with E-state index in [1.807, 2.05) is 26.0 Å². The van der Waals surface area contributed by atoms with Crippen LogP contribution in [0.1, 0.15) is 23.1 Å². The number of carboxylic acids is 1. The number of rotatable bonds is 6. The van der Waals surface area contributed by atoms with Gasteiger partial charge in [0.1, 0.15) is 6.54 Å². The SMILES string of the molecule is CCCN(CC(=O)O)C(=O)/C=C/c1ccc(C)s1. The van der Waals surface area contributed by atoms with Gasteiger partial charge in [-0.15, -0.1) is 11.3 Å². The average molecular weight is 267 g/mol. The van der Waals surface area contributed by atoms with Crippen LogP contribution in [0.2, 0.25) is 0 Å². The van der Waals surface area contributed by atoms with Crippen molar-refractivity contribution in [3.05, 3.63) is 28.0 Å². The van der Waals surface area contributed by atoms with Crippen LogP contribution in [0.15, 0.2) is 18.2 Å². The van der Waals surface area contributed by atoms with Crippen LogP contribution >= 0.6 is 11.3 Å². The van der Waals surface area contributed by atoms with Gasteiger partial charge >= 0.3 is 5.97 Å². The largest absolute Gasteiger partial charge is 0.480 e. The molecule has 0 aromatic carbocycles. The van der Waals surface area contributed by atoms with Crippen molar-refractivity contribution in [3.63, 3.8) is 0 Å². The lowest BCUT2D eigenvalue weighted by molar-refractivity contribution is -0.142. The van der Waals surface area contributed by atoms with E-state index >= 15 is 0 Å². The van der Waals surface area contributed by atoms with Gasteiger partial charge in [-0.25, -0.2) is 0 Å². The van der Waals surface area contributed by atoms with Gasteiger partial charge in [0, 0.05) is 22.4 Å². The first-order valence-corrected chi connectivity index (χ1v) is 6.59. The first-order valence-electron chi connectivity index (χ1n) is 5.78. The van der Waals surface area contributed by atoms with Gasteiger partial charge in [-0.1, -0.05) is 6.92 Å². The molecule has 0 radical (unpaired) electrons. The van der Waals surface area contributed by atoms with Crippen LogP contribution in [0, 0.1) is 6.92 Å². The molecule has 5 heteroatoms. The molecule has 0 saturated carbocycles. The van der Waals surface area contributed by atoms with Crippen LogP contribution in [0.4, 0.5) is 0 Å². The van der Waals surface area contributed by atoms with E-state index in [4.69, 9.17) is 5.11 Å². The van der Waals surface area contributed by atoms with Gasteiger partial charge in [-0.3, -0.25) is 9.59 Å². The summed E-state index contributed by atoms with van der Waals surface area (Å²) < 4.78 is 0. The van der Waals surface area contributed by atoms with Gasteiger partial charge in [0.2, 0.25) is 5.91 Å². The van der Waals surface area contributed by atoms with E-state index in [1.165, 1.54) is 15.9 Å². The minimum absolute atomic E-state index is 0.250. The number of hydrogen-bond donors (Lipinski definition) is 1. The summed E-state index contributed by atoms with van der Waals surface area (Å²) in [5.41, 5.74) is 0. The molecule has 1 rings (SSSR count). The Balaban J connectivity index is 2.65. The molecule has 18 heavy (non-hydrogen) atoms. The molecule has 0 fully saturated rings. The zero-order chi connectivity index (χ0) is 13.5. The third-order valence-corrected chi connectivity index (χ3v) is 3.25. The highest BCUT2D eigenvalue weighted by molar-refractivity contribution is 7.12. The number of carboxylic acid groups (broad SMARTS) is 1. The molecule has 0 spiro atoms. The molecular formula is C13H17NO3S. The number of thiophene rings is 1. The molecule has 1 amide bonds. The Bertz CT molecular complexity index is 451. The number of amides is 1. The summed E-state index contributed by atoms with van der Waals surface area (Å²) in [6, 6.07) is 3.92. The average Bonchev–Trinajstić information content (AvgIpc) is 2.71. The standard InChI is InChI=1S/C13H17NO3S/c1-3-8-14(9-13(16)17)12(15)7-6-11-5-4-10(2)18-11/h4-7H,3,8-9H2,1-2H3,(H,16,17)/b7-6+. The molecule has 0 unspecified atom stereocenters. The minimum atomic E-state index is -0.989. The lowest BCUT2D eigenvalue weighted by Gasteiger charge is -2.17. The first kappa shape index (κ1) is 14.4. The van der Waals surface area contributed by atoms with Gasteiger partial charge in [-0.05, 0) is 31.6 Å². The Labute approximate surface area is 111 Å². The highest BCUT2D eigenvalue weighted by atomic mass is 32.1. The fourth-order valence-electron chi connectivity index (χ4n) is 1.50. The van der Waals surface area contributed by atoms with Gasteiger partial charge < -0.3 is 10.0 Å². The topological polar surface area (TPSA) is 57.6 Å². The molecule has 1 aromatic heterocycles. The van der Waals surface area contributed by atoms with E-state index in [1.54, 1.807) is 17.4 Å². The zero-order valence-corrected chi connectivity index (χ0v) is 11.4. The summed E-state index contributed by atoms with van der Waals surface area (Å²) in [4.78, 5) is 26.0. The molecule has 0 aliphatic rings. The second kappa shape index (κ2) is 6.96. The fraction of sp³-hybridized carbons (Fsp3) is 0.385. The summed E-state index contributed by atoms with van der Waals surface area (Å²) in [6.45, 7) is 4.12. The maximum absolute atomic E-state index is 11.8. The molecular weight excluding hydrogens is 250 g/mol. The van der Waals surface area contributed by atoms with Crippen molar-refractivity contribution in [2.45, 2.75) is 20.3 Å². The maximum Gasteiger partial charge on any atom is 0.323 e. The monoisotopic (exact) mass is 267 g/mol. The smallest absolute Gasteiger partial charge is 0.323 e. The highest BCUT2D eigenvalue weighted by Gasteiger charge is 2.12. The van der Waals surface area contributed by atoms with Crippen molar-refractivity contribution in [3.8, 4) is 0 Å². The van der Waals surface area contributed by atoms with Crippen LogP contribution in [0.3, 0.4) is 0 Å². The van der Waals surface area contributed by atoms with E-state index in [-0.39, 0.29) is 12.5 Å². The molecule has 0 bridgehead atoms. The van der Waals surface area contributed by atoms with Crippen LogP contribution < -0.4 is 0 Å². The van der Waals surface area contributed by atoms with E-state index in [9.17, 15) is 9.59 Å². The summed E-state index contributed by atoms with van der Waals surface area (Å²) in [6.07, 6.45) is 3.90. The molecule has 4 nitrogen and oxygen atoms in total. The fourth-order valence-corrected chi connectivity index (χ4v) is 2.28. The first-order chi connectivity index (χ1) is 8.52. The molecule has 0 saturated heterocycles. The number of aryl methyl sites for hydroxylation is 1. The van der Waals surface area contributed by atoms with Crippen LogP contribution in [0.25, 0.3) is 6.08 Å². The number of hydrogen-bond acceptors (Lipinski definition) is 3. The Morgan fingerprint density at radius 3 is 2.67 bits per heavy atom. The van der Waals surface area contributed by atoms with Crippen molar-refractivity contribution in [1.82, 2.24) is 4.90 Å². The summed E-state index contributed by atoms with van der Waals surface area (Å²) in [5, 5.41) is 8.73. The molecule has 0 aliphatic carbocycles. The van der Waals surface area contributed by atoms with Crippen molar-refractivity contribution in [2.75, 3.05) is 13.1 Å². The van der Waals surface area contributed by atoms with E-state index in [0.29, 0.717) is 6.54 Å². The molecule has 1 N–H and O–H groups in total. The predicted octanol–water partition coefficient (Wildman–Crippen LogP) is 2.39. The zero-order valence-electron chi connectivity index (χ0n) is 10.5. The lowest BCUT2D eigenvalue weighted by Crippen LogP contribution is -2.35. The molecule has 0 atom stereocenters. The Morgan fingerprint density at radius 2 is 2.17 bits per heavy atom. The molecule has 1 aromatic rings. The molecule has 0 aliphatic heterocycles. The van der Waals surface area contributed by atoms with Gasteiger partial charge in [-0.2, -0.15) is 0 Å². The predicted molar refractivity (Wildman–Crippen MR) is 72.6 cm³/mol. The van der Waals surface area contributed by atoms with Gasteiger partial charge in [0.05, 0.1) is 0 Å². The van der Waals surface area contributed by atoms with Crippen molar-refractivity contribution < 1.29 is 14.7 Å². The van der Waals surface area contributed by atoms with Crippen LogP contribution in [-0.2, 0) is 9.59 Å². The quantitative estimate of drug-likeness (QED) is 0.805. The maximum atomic E-state index is 11.8. The van der Waals surface area contributed by atoms with Gasteiger partial charge in [0.25, 0.3) is 0 Å². The number of aliphatic carboxylic acids is 1. The normalized spacial score (nSPS) is 10.8. The van der Waals surface area contributed by atoms with Crippen molar-refractivity contribution in [1.29, 1.82) is 0 Å². The van der Waals surface area contributed by atoms with Crippen LogP contribution in [-0.4, -0.2) is 35.0 Å². The van der Waals surface area contributed by atoms with E-state index in [0.717, 1.165) is 11.3 Å². The van der Waals surface area contributed by atoms with Gasteiger partial charge in [0.15, 0.2) is 0 Å². The molecule has 1 heterocycles. The Kier molecular flexibility index (Phi) is 5.58. The summed E-state index contributed by atoms with van der Waals surface area (Å²) >= 11 is 1.59. The lowest BCUT2D eigenvalue weighted by atomic mass is 10.3.